The second-order valence-corrected chi connectivity index (χ2v) is 15.2. The summed E-state index contributed by atoms with van der Waals surface area (Å²) in [6.07, 6.45) is 7.71. The molecule has 7 rings (SSSR count). The number of piperidine rings is 4. The van der Waals surface area contributed by atoms with Crippen LogP contribution in [0.15, 0.2) is 54.7 Å². The van der Waals surface area contributed by atoms with E-state index in [1.807, 2.05) is 18.2 Å². The van der Waals surface area contributed by atoms with Gasteiger partial charge in [0.2, 0.25) is 17.7 Å². The summed E-state index contributed by atoms with van der Waals surface area (Å²) in [5.41, 5.74) is 2.52. The molecule has 0 spiro atoms. The van der Waals surface area contributed by atoms with E-state index >= 15 is 4.39 Å². The molecule has 3 amide bonds. The maximum absolute atomic E-state index is 15.1. The van der Waals surface area contributed by atoms with E-state index < -0.39 is 6.04 Å². The highest BCUT2D eigenvalue weighted by molar-refractivity contribution is 6.32. The number of likely N-dealkylation sites (tertiary alicyclic amines) is 1. The highest BCUT2D eigenvalue weighted by atomic mass is 35.5. The molecular weight excluding hydrogens is 711 g/mol. The van der Waals surface area contributed by atoms with Gasteiger partial charge in [-0.2, -0.15) is 5.26 Å². The van der Waals surface area contributed by atoms with Crippen molar-refractivity contribution in [3.63, 3.8) is 0 Å². The average Bonchev–Trinajstić information content (AvgIpc) is 3.18. The number of nitrogens with one attached hydrogen (secondary N) is 3. The zero-order chi connectivity index (χ0) is 37.6. The van der Waals surface area contributed by atoms with Crippen LogP contribution in [-0.4, -0.2) is 85.6 Å². The van der Waals surface area contributed by atoms with Gasteiger partial charge in [-0.05, 0) is 99.4 Å². The normalized spacial score (nSPS) is 20.6. The molecule has 0 saturated carbocycles. The van der Waals surface area contributed by atoms with Crippen LogP contribution in [0.5, 0.6) is 5.75 Å². The zero-order valence-corrected chi connectivity index (χ0v) is 31.0. The Kier molecular flexibility index (Phi) is 11.8. The van der Waals surface area contributed by atoms with Gasteiger partial charge in [0.15, 0.2) is 0 Å². The number of hydrogen-bond acceptors (Lipinski definition) is 10. The molecule has 3 aromatic rings. The van der Waals surface area contributed by atoms with Crippen molar-refractivity contribution in [2.45, 2.75) is 63.5 Å². The van der Waals surface area contributed by atoms with E-state index in [-0.39, 0.29) is 42.0 Å². The second kappa shape index (κ2) is 17.0. The molecule has 5 heterocycles. The number of aromatic nitrogens is 1. The van der Waals surface area contributed by atoms with E-state index in [1.54, 1.807) is 30.5 Å². The average molecular weight is 757 g/mol. The van der Waals surface area contributed by atoms with E-state index in [9.17, 15) is 14.4 Å². The van der Waals surface area contributed by atoms with Crippen LogP contribution in [0.2, 0.25) is 5.02 Å². The van der Waals surface area contributed by atoms with Gasteiger partial charge in [-0.1, -0.05) is 11.6 Å². The third-order valence-corrected chi connectivity index (χ3v) is 11.4. The highest BCUT2D eigenvalue weighted by Gasteiger charge is 2.29. The number of benzene rings is 2. The lowest BCUT2D eigenvalue weighted by molar-refractivity contribution is -0.133. The largest absolute Gasteiger partial charge is 0.489 e. The van der Waals surface area contributed by atoms with Crippen LogP contribution < -0.4 is 30.5 Å². The van der Waals surface area contributed by atoms with Crippen molar-refractivity contribution in [2.24, 2.45) is 11.8 Å². The zero-order valence-electron chi connectivity index (χ0n) is 30.2. The SMILES string of the molecule is N#Cc1ccc(N2CCC(C(=O)Nc3ccc(OC4CCN(CC5CCN(c6ccc(N[C@@H]7CCC(=O)NC7=O)cc6F)CC5)CC4)cn3)CC2)cc1Cl. The Morgan fingerprint density at radius 1 is 0.944 bits per heavy atom. The Bertz CT molecular complexity index is 1870. The third kappa shape index (κ3) is 9.22. The van der Waals surface area contributed by atoms with Gasteiger partial charge in [-0.25, -0.2) is 9.37 Å². The molecule has 0 radical (unpaired) electrons. The molecule has 12 nitrogen and oxygen atoms in total. The molecule has 4 aliphatic rings. The van der Waals surface area contributed by atoms with E-state index in [2.05, 4.69) is 41.7 Å². The fraction of sp³-hybridized carbons (Fsp3) is 0.475. The molecule has 2 aromatic carbocycles. The molecule has 4 saturated heterocycles. The Morgan fingerprint density at radius 2 is 1.70 bits per heavy atom. The summed E-state index contributed by atoms with van der Waals surface area (Å²) < 4.78 is 21.4. The first-order valence-corrected chi connectivity index (χ1v) is 19.3. The molecule has 14 heteroatoms. The second-order valence-electron chi connectivity index (χ2n) is 14.8. The Labute approximate surface area is 320 Å². The Hall–Kier alpha value is -4.93. The molecule has 1 aromatic heterocycles. The molecular formula is C40H46ClFN8O4. The Balaban J connectivity index is 0.791. The summed E-state index contributed by atoms with van der Waals surface area (Å²) in [6.45, 7) is 5.98. The molecule has 4 aliphatic heterocycles. The lowest BCUT2D eigenvalue weighted by atomic mass is 9.94. The lowest BCUT2D eigenvalue weighted by Gasteiger charge is -2.38. The van der Waals surface area contributed by atoms with Gasteiger partial charge >= 0.3 is 0 Å². The molecule has 0 aliphatic carbocycles. The minimum Gasteiger partial charge on any atom is -0.489 e. The minimum absolute atomic E-state index is 0.0332. The number of hydrogen-bond donors (Lipinski definition) is 3. The summed E-state index contributed by atoms with van der Waals surface area (Å²) in [7, 11) is 0. The van der Waals surface area contributed by atoms with Gasteiger partial charge in [0.05, 0.1) is 22.5 Å². The number of rotatable bonds is 10. The van der Waals surface area contributed by atoms with Gasteiger partial charge in [0.1, 0.15) is 35.6 Å². The van der Waals surface area contributed by atoms with Crippen LogP contribution in [0.25, 0.3) is 0 Å². The summed E-state index contributed by atoms with van der Waals surface area (Å²) >= 11 is 6.22. The number of amides is 3. The summed E-state index contributed by atoms with van der Waals surface area (Å²) in [6, 6.07) is 15.6. The number of halogens is 2. The van der Waals surface area contributed by atoms with Gasteiger partial charge in [-0.15, -0.1) is 0 Å². The summed E-state index contributed by atoms with van der Waals surface area (Å²) in [4.78, 5) is 47.7. The highest BCUT2D eigenvalue weighted by Crippen LogP contribution is 2.31. The van der Waals surface area contributed by atoms with E-state index in [0.717, 1.165) is 77.2 Å². The van der Waals surface area contributed by atoms with E-state index in [4.69, 9.17) is 21.6 Å². The van der Waals surface area contributed by atoms with Crippen LogP contribution in [0.1, 0.15) is 56.9 Å². The third-order valence-electron chi connectivity index (χ3n) is 11.1. The first-order chi connectivity index (χ1) is 26.2. The van der Waals surface area contributed by atoms with Crippen LogP contribution in [0.4, 0.5) is 27.3 Å². The lowest BCUT2D eigenvalue weighted by Crippen LogP contribution is -2.47. The van der Waals surface area contributed by atoms with Gasteiger partial charge in [0.25, 0.3) is 0 Å². The van der Waals surface area contributed by atoms with Crippen LogP contribution >= 0.6 is 11.6 Å². The topological polar surface area (TPSA) is 143 Å². The van der Waals surface area contributed by atoms with E-state index in [1.165, 1.54) is 6.07 Å². The smallest absolute Gasteiger partial charge is 0.249 e. The Morgan fingerprint density at radius 3 is 2.37 bits per heavy atom. The molecule has 54 heavy (non-hydrogen) atoms. The summed E-state index contributed by atoms with van der Waals surface area (Å²) in [5, 5.41) is 17.9. The molecule has 0 bridgehead atoms. The number of nitriles is 1. The molecule has 284 valence electrons. The number of imide groups is 1. The van der Waals surface area contributed by atoms with Gasteiger partial charge < -0.3 is 30.1 Å². The van der Waals surface area contributed by atoms with Crippen molar-refractivity contribution >= 4 is 52.2 Å². The van der Waals surface area contributed by atoms with Gasteiger partial charge in [0, 0.05) is 69.5 Å². The number of anilines is 4. The fourth-order valence-corrected chi connectivity index (χ4v) is 8.17. The molecule has 0 unspecified atom stereocenters. The van der Waals surface area contributed by atoms with Crippen molar-refractivity contribution in [3.05, 3.63) is 71.1 Å². The standard InChI is InChI=1S/C40H46ClFN8O4/c41-33-22-30(3-1-28(33)23-43)49-19-11-27(12-20-49)39(52)46-37-7-4-32(24-44-37)54-31-13-15-48(16-14-31)25-26-9-17-50(18-10-26)36-6-2-29(21-34(36)42)45-35-5-8-38(51)47-40(35)53/h1-4,6-7,21-22,24,26-27,31,35,45H,5,8-20,25H2,(H,44,46,52)(H,47,51,53)/t35-/m1/s1. The molecule has 1 atom stereocenters. The maximum Gasteiger partial charge on any atom is 0.249 e. The van der Waals surface area contributed by atoms with Crippen LogP contribution in [0.3, 0.4) is 0 Å². The number of pyridine rings is 1. The van der Waals surface area contributed by atoms with Crippen molar-refractivity contribution in [2.75, 3.05) is 66.2 Å². The molecule has 4 fully saturated rings. The first kappa shape index (κ1) is 37.4. The van der Waals surface area contributed by atoms with Crippen molar-refractivity contribution in [1.29, 1.82) is 5.26 Å². The molecule has 3 N–H and O–H groups in total. The van der Waals surface area contributed by atoms with Crippen LogP contribution in [0, 0.1) is 29.0 Å². The monoisotopic (exact) mass is 756 g/mol. The summed E-state index contributed by atoms with van der Waals surface area (Å²) in [5.74, 6) is 0.646. The van der Waals surface area contributed by atoms with Crippen molar-refractivity contribution in [3.8, 4) is 11.8 Å². The number of ether oxygens (including phenoxy) is 1. The van der Waals surface area contributed by atoms with Crippen LogP contribution in [-0.2, 0) is 14.4 Å². The number of carbonyl (C=O) groups excluding carboxylic acids is 3. The van der Waals surface area contributed by atoms with E-state index in [0.29, 0.717) is 58.7 Å². The number of nitrogens with zero attached hydrogens (tertiary/aromatic N) is 5. The van der Waals surface area contributed by atoms with Crippen molar-refractivity contribution < 1.29 is 23.5 Å². The fourth-order valence-electron chi connectivity index (χ4n) is 7.95. The minimum atomic E-state index is -0.546. The number of carbonyl (C=O) groups is 3. The maximum atomic E-state index is 15.1. The first-order valence-electron chi connectivity index (χ1n) is 19.0. The quantitative estimate of drug-likeness (QED) is 0.225. The predicted molar refractivity (Wildman–Crippen MR) is 205 cm³/mol. The predicted octanol–water partition coefficient (Wildman–Crippen LogP) is 5.58. The van der Waals surface area contributed by atoms with Gasteiger partial charge in [-0.3, -0.25) is 19.7 Å². The van der Waals surface area contributed by atoms with Crippen molar-refractivity contribution in [1.82, 2.24) is 15.2 Å².